The fourth-order valence-corrected chi connectivity index (χ4v) is 3.40. The van der Waals surface area contributed by atoms with Crippen molar-refractivity contribution < 1.29 is 13.9 Å². The first-order valence-corrected chi connectivity index (χ1v) is 9.83. The summed E-state index contributed by atoms with van der Waals surface area (Å²) < 4.78 is 10.8. The maximum atomic E-state index is 12.5. The molecule has 30 heavy (non-hydrogen) atoms. The molecule has 6 heteroatoms. The molecule has 1 aliphatic rings. The molecule has 156 valence electrons. The van der Waals surface area contributed by atoms with Crippen molar-refractivity contribution in [2.45, 2.75) is 6.42 Å². The number of Topliss-reactive ketones (excluding diaryl/α,β-unsaturated/α-hetero) is 1. The van der Waals surface area contributed by atoms with Crippen molar-refractivity contribution in [3.8, 4) is 0 Å². The van der Waals surface area contributed by atoms with Gasteiger partial charge in [-0.25, -0.2) is 4.79 Å². The topological polar surface area (TPSA) is 59.8 Å². The third-order valence-electron chi connectivity index (χ3n) is 5.09. The quantitative estimate of drug-likeness (QED) is 0.335. The van der Waals surface area contributed by atoms with Gasteiger partial charge in [-0.2, -0.15) is 0 Å². The molecule has 0 atom stereocenters. The molecule has 0 amide bonds. The van der Waals surface area contributed by atoms with E-state index in [1.807, 2.05) is 60.7 Å². The number of carbonyl (C=O) groups is 1. The molecule has 0 aliphatic carbocycles. The minimum atomic E-state index is -0.575. The van der Waals surface area contributed by atoms with E-state index in [4.69, 9.17) is 9.15 Å². The summed E-state index contributed by atoms with van der Waals surface area (Å²) in [4.78, 5) is 27.1. The number of rotatable bonds is 6. The average molecular weight is 426 g/mol. The van der Waals surface area contributed by atoms with Gasteiger partial charge in [-0.3, -0.25) is 9.69 Å². The Balaban J connectivity index is 0.00000256. The van der Waals surface area contributed by atoms with E-state index in [9.17, 15) is 9.59 Å². The van der Waals surface area contributed by atoms with Gasteiger partial charge in [0.05, 0.1) is 13.2 Å². The third kappa shape index (κ3) is 5.45. The van der Waals surface area contributed by atoms with Gasteiger partial charge < -0.3 is 9.15 Å². The van der Waals surface area contributed by atoms with E-state index >= 15 is 0 Å². The van der Waals surface area contributed by atoms with Gasteiger partial charge in [0.15, 0.2) is 5.78 Å². The van der Waals surface area contributed by atoms with Crippen LogP contribution in [0.25, 0.3) is 23.1 Å². The highest BCUT2D eigenvalue weighted by atomic mass is 35.5. The summed E-state index contributed by atoms with van der Waals surface area (Å²) in [6.45, 7) is 3.64. The fraction of sp³-hybridized carbons (Fsp3) is 0.250. The second-order valence-electron chi connectivity index (χ2n) is 7.12. The van der Waals surface area contributed by atoms with Crippen molar-refractivity contribution in [2.24, 2.45) is 0 Å². The van der Waals surface area contributed by atoms with E-state index < -0.39 is 5.63 Å². The maximum absolute atomic E-state index is 12.5. The zero-order chi connectivity index (χ0) is 20.1. The third-order valence-corrected chi connectivity index (χ3v) is 5.09. The minimum Gasteiger partial charge on any atom is -0.422 e. The summed E-state index contributed by atoms with van der Waals surface area (Å²) in [5.41, 5.74) is 2.05. The van der Waals surface area contributed by atoms with Crippen LogP contribution < -0.4 is 5.63 Å². The number of carbonyl (C=O) groups excluding carboxylic acids is 1. The summed E-state index contributed by atoms with van der Waals surface area (Å²) in [5.74, 6) is -0.180. The highest BCUT2D eigenvalue weighted by molar-refractivity contribution is 5.98. The van der Waals surface area contributed by atoms with E-state index in [1.165, 1.54) is 0 Å². The van der Waals surface area contributed by atoms with E-state index in [2.05, 4.69) is 4.90 Å². The molecule has 0 unspecified atom stereocenters. The first-order valence-electron chi connectivity index (χ1n) is 9.83. The second kappa shape index (κ2) is 10.3. The SMILES string of the molecule is Cl.O=C(CCN1CCOCC1)c1cc2ccc(C=Cc3ccccc3)cc2oc1=O. The van der Waals surface area contributed by atoms with E-state index in [-0.39, 0.29) is 23.8 Å². The number of morpholine rings is 1. The molecule has 5 nitrogen and oxygen atoms in total. The first-order chi connectivity index (χ1) is 14.2. The maximum Gasteiger partial charge on any atom is 0.347 e. The zero-order valence-corrected chi connectivity index (χ0v) is 17.4. The largest absolute Gasteiger partial charge is 0.422 e. The van der Waals surface area contributed by atoms with Crippen LogP contribution in [0.15, 0.2) is 63.8 Å². The Morgan fingerprint density at radius 2 is 1.70 bits per heavy atom. The van der Waals surface area contributed by atoms with Crippen molar-refractivity contribution in [1.29, 1.82) is 0 Å². The first kappa shape index (κ1) is 22.0. The summed E-state index contributed by atoms with van der Waals surface area (Å²) in [6.07, 6.45) is 4.27. The van der Waals surface area contributed by atoms with Crippen molar-refractivity contribution in [3.63, 3.8) is 0 Å². The number of hydrogen-bond acceptors (Lipinski definition) is 5. The highest BCUT2D eigenvalue weighted by Gasteiger charge is 2.17. The molecule has 4 rings (SSSR count). The minimum absolute atomic E-state index is 0. The fourth-order valence-electron chi connectivity index (χ4n) is 3.40. The Bertz CT molecular complexity index is 1090. The molecule has 0 radical (unpaired) electrons. The molecule has 1 fully saturated rings. The van der Waals surface area contributed by atoms with Gasteiger partial charge in [0, 0.05) is 31.4 Å². The Hall–Kier alpha value is -2.73. The average Bonchev–Trinajstić information content (AvgIpc) is 2.77. The van der Waals surface area contributed by atoms with Crippen LogP contribution >= 0.6 is 12.4 Å². The van der Waals surface area contributed by atoms with Gasteiger partial charge in [0.1, 0.15) is 11.1 Å². The van der Waals surface area contributed by atoms with Crippen molar-refractivity contribution in [3.05, 3.63) is 81.7 Å². The van der Waals surface area contributed by atoms with Gasteiger partial charge in [0.25, 0.3) is 0 Å². The lowest BCUT2D eigenvalue weighted by atomic mass is 10.1. The van der Waals surface area contributed by atoms with Crippen LogP contribution in [0.3, 0.4) is 0 Å². The molecule has 0 spiro atoms. The predicted octanol–water partition coefficient (Wildman–Crippen LogP) is 4.29. The molecular weight excluding hydrogens is 402 g/mol. The number of ketones is 1. The Morgan fingerprint density at radius 3 is 2.47 bits per heavy atom. The Morgan fingerprint density at radius 1 is 0.967 bits per heavy atom. The van der Waals surface area contributed by atoms with Crippen LogP contribution in [0.5, 0.6) is 0 Å². The van der Waals surface area contributed by atoms with Gasteiger partial charge in [-0.15, -0.1) is 12.4 Å². The molecule has 3 aromatic rings. The van der Waals surface area contributed by atoms with Crippen LogP contribution in [0, 0.1) is 0 Å². The summed E-state index contributed by atoms with van der Waals surface area (Å²) in [7, 11) is 0. The van der Waals surface area contributed by atoms with E-state index in [0.717, 1.165) is 29.6 Å². The van der Waals surface area contributed by atoms with E-state index in [0.29, 0.717) is 31.8 Å². The number of fused-ring (bicyclic) bond motifs is 1. The number of nitrogens with zero attached hydrogens (tertiary/aromatic N) is 1. The Labute approximate surface area is 181 Å². The number of ether oxygens (including phenoxy) is 1. The smallest absolute Gasteiger partial charge is 0.347 e. The molecule has 1 saturated heterocycles. The molecular formula is C24H24ClNO4. The van der Waals surface area contributed by atoms with Crippen molar-refractivity contribution in [1.82, 2.24) is 4.90 Å². The zero-order valence-electron chi connectivity index (χ0n) is 16.6. The molecule has 1 aromatic heterocycles. The van der Waals surface area contributed by atoms with Gasteiger partial charge in [-0.1, -0.05) is 54.6 Å². The predicted molar refractivity (Wildman–Crippen MR) is 121 cm³/mol. The van der Waals surface area contributed by atoms with Crippen LogP contribution in [0.2, 0.25) is 0 Å². The molecule has 0 N–H and O–H groups in total. The Kier molecular flexibility index (Phi) is 7.57. The standard InChI is InChI=1S/C24H23NO4.ClH/c26-22(10-11-25-12-14-28-15-13-25)21-17-20-9-8-19(16-23(20)29-24(21)27)7-6-18-4-2-1-3-5-18;/h1-9,16-17H,10-15H2;1H. The second-order valence-corrected chi connectivity index (χ2v) is 7.12. The summed E-state index contributed by atoms with van der Waals surface area (Å²) in [5, 5.41) is 0.746. The van der Waals surface area contributed by atoms with Gasteiger partial charge in [-0.05, 0) is 23.3 Å². The van der Waals surface area contributed by atoms with Crippen LogP contribution in [-0.2, 0) is 4.74 Å². The lowest BCUT2D eigenvalue weighted by molar-refractivity contribution is 0.0370. The van der Waals surface area contributed by atoms with Crippen LogP contribution in [0.1, 0.15) is 27.9 Å². The molecule has 2 aromatic carbocycles. The molecule has 0 saturated carbocycles. The monoisotopic (exact) mass is 425 g/mol. The lowest BCUT2D eigenvalue weighted by Gasteiger charge is -2.26. The normalized spacial score (nSPS) is 14.7. The van der Waals surface area contributed by atoms with Crippen molar-refractivity contribution in [2.75, 3.05) is 32.8 Å². The number of hydrogen-bond donors (Lipinski definition) is 0. The number of benzene rings is 2. The highest BCUT2D eigenvalue weighted by Crippen LogP contribution is 2.18. The van der Waals surface area contributed by atoms with Gasteiger partial charge in [0.2, 0.25) is 0 Å². The number of halogens is 1. The van der Waals surface area contributed by atoms with Crippen LogP contribution in [0.4, 0.5) is 0 Å². The van der Waals surface area contributed by atoms with Crippen LogP contribution in [-0.4, -0.2) is 43.5 Å². The van der Waals surface area contributed by atoms with Crippen molar-refractivity contribution >= 4 is 41.3 Å². The molecule has 1 aliphatic heterocycles. The molecule has 2 heterocycles. The van der Waals surface area contributed by atoms with E-state index in [1.54, 1.807) is 6.07 Å². The molecule has 0 bridgehead atoms. The lowest BCUT2D eigenvalue weighted by Crippen LogP contribution is -2.37. The summed E-state index contributed by atoms with van der Waals surface area (Å²) >= 11 is 0. The van der Waals surface area contributed by atoms with Gasteiger partial charge >= 0.3 is 5.63 Å². The summed E-state index contributed by atoms with van der Waals surface area (Å²) in [6, 6.07) is 17.3.